The molecule has 0 saturated carbocycles. The molecule has 190 valence electrons. The SMILES string of the molecule is CCOC(CCCCCCCC[P+](c1ccccc1)(c1ccccc1)c1ccccc1)OCC.[I-]. The fourth-order valence-electron chi connectivity index (χ4n) is 4.84. The average Bonchev–Trinajstić information content (AvgIpc) is 2.90. The lowest BCUT2D eigenvalue weighted by Crippen LogP contribution is -3.00. The van der Waals surface area contributed by atoms with E-state index < -0.39 is 7.26 Å². The van der Waals surface area contributed by atoms with Crippen molar-refractivity contribution in [3.8, 4) is 0 Å². The third-order valence-electron chi connectivity index (χ3n) is 6.48. The van der Waals surface area contributed by atoms with E-state index in [1.807, 2.05) is 13.8 Å². The Hall–Kier alpha value is -1.26. The summed E-state index contributed by atoms with van der Waals surface area (Å²) in [6, 6.07) is 33.7. The fourth-order valence-corrected chi connectivity index (χ4v) is 9.25. The molecule has 2 nitrogen and oxygen atoms in total. The first-order valence-electron chi connectivity index (χ1n) is 13.1. The molecular formula is C31H42IO2P. The van der Waals surface area contributed by atoms with E-state index in [0.29, 0.717) is 0 Å². The minimum atomic E-state index is -1.68. The van der Waals surface area contributed by atoms with Crippen LogP contribution >= 0.6 is 7.26 Å². The predicted molar refractivity (Wildman–Crippen MR) is 149 cm³/mol. The molecule has 3 rings (SSSR count). The van der Waals surface area contributed by atoms with Crippen LogP contribution in [0.15, 0.2) is 91.0 Å². The normalized spacial score (nSPS) is 11.4. The zero-order chi connectivity index (χ0) is 23.9. The third-order valence-corrected chi connectivity index (χ3v) is 11.0. The molecule has 0 aliphatic heterocycles. The number of rotatable bonds is 16. The van der Waals surface area contributed by atoms with Crippen LogP contribution < -0.4 is 39.9 Å². The van der Waals surface area contributed by atoms with Gasteiger partial charge in [-0.05, 0) is 75.9 Å². The first-order valence-corrected chi connectivity index (χ1v) is 15.1. The molecular weight excluding hydrogens is 562 g/mol. The van der Waals surface area contributed by atoms with Crippen molar-refractivity contribution in [2.45, 2.75) is 65.1 Å². The molecule has 0 amide bonds. The van der Waals surface area contributed by atoms with Gasteiger partial charge in [0.1, 0.15) is 23.2 Å². The summed E-state index contributed by atoms with van der Waals surface area (Å²) in [4.78, 5) is 0. The van der Waals surface area contributed by atoms with Crippen LogP contribution in [0.2, 0.25) is 0 Å². The molecule has 0 spiro atoms. The van der Waals surface area contributed by atoms with Gasteiger partial charge in [-0.1, -0.05) is 73.9 Å². The van der Waals surface area contributed by atoms with Crippen LogP contribution in [0.25, 0.3) is 0 Å². The van der Waals surface area contributed by atoms with Gasteiger partial charge >= 0.3 is 0 Å². The summed E-state index contributed by atoms with van der Waals surface area (Å²) >= 11 is 0. The van der Waals surface area contributed by atoms with Crippen LogP contribution in [0, 0.1) is 0 Å². The highest BCUT2D eigenvalue weighted by Gasteiger charge is 2.44. The molecule has 0 fully saturated rings. The van der Waals surface area contributed by atoms with E-state index in [9.17, 15) is 0 Å². The highest BCUT2D eigenvalue weighted by molar-refractivity contribution is 7.95. The van der Waals surface area contributed by atoms with Crippen LogP contribution in [0.1, 0.15) is 58.8 Å². The van der Waals surface area contributed by atoms with Gasteiger partial charge in [-0.3, -0.25) is 0 Å². The van der Waals surface area contributed by atoms with E-state index in [-0.39, 0.29) is 30.3 Å². The number of unbranched alkanes of at least 4 members (excludes halogenated alkanes) is 5. The minimum Gasteiger partial charge on any atom is -1.00 e. The Morgan fingerprint density at radius 2 is 0.914 bits per heavy atom. The van der Waals surface area contributed by atoms with Gasteiger partial charge in [0.15, 0.2) is 6.29 Å². The molecule has 0 radical (unpaired) electrons. The average molecular weight is 605 g/mol. The second-order valence-corrected chi connectivity index (χ2v) is 12.4. The molecule has 0 N–H and O–H groups in total. The number of benzene rings is 3. The van der Waals surface area contributed by atoms with Crippen LogP contribution in [-0.4, -0.2) is 25.7 Å². The maximum Gasteiger partial charge on any atom is 0.157 e. The van der Waals surface area contributed by atoms with E-state index in [0.717, 1.165) is 19.6 Å². The predicted octanol–water partition coefficient (Wildman–Crippen LogP) is 4.11. The Kier molecular flexibility index (Phi) is 14.8. The summed E-state index contributed by atoms with van der Waals surface area (Å²) in [6.45, 7) is 5.52. The Morgan fingerprint density at radius 1 is 0.543 bits per heavy atom. The molecule has 0 aliphatic carbocycles. The molecule has 3 aromatic carbocycles. The van der Waals surface area contributed by atoms with Crippen molar-refractivity contribution in [3.63, 3.8) is 0 Å². The van der Waals surface area contributed by atoms with E-state index in [2.05, 4.69) is 91.0 Å². The van der Waals surface area contributed by atoms with Crippen LogP contribution in [0.4, 0.5) is 0 Å². The van der Waals surface area contributed by atoms with Crippen LogP contribution in [0.5, 0.6) is 0 Å². The smallest absolute Gasteiger partial charge is 0.157 e. The Bertz CT molecular complexity index is 802. The van der Waals surface area contributed by atoms with Gasteiger partial charge in [-0.2, -0.15) is 0 Å². The molecule has 0 atom stereocenters. The standard InChI is InChI=1S/C31H42O2P.HI/c1-3-32-31(33-4-2)26-18-7-5-6-8-19-27-34(28-20-12-9-13-21-28,29-22-14-10-15-23-29)30-24-16-11-17-25-30;/h9-17,20-25,31H,3-8,18-19,26-27H2,1-2H3;1H/q+1;/p-1. The van der Waals surface area contributed by atoms with Crippen molar-refractivity contribution < 1.29 is 33.5 Å². The van der Waals surface area contributed by atoms with Crippen LogP contribution in [0.3, 0.4) is 0 Å². The van der Waals surface area contributed by atoms with E-state index in [4.69, 9.17) is 9.47 Å². The van der Waals surface area contributed by atoms with E-state index in [1.54, 1.807) is 0 Å². The highest BCUT2D eigenvalue weighted by Crippen LogP contribution is 2.55. The fraction of sp³-hybridized carbons (Fsp3) is 0.419. The third kappa shape index (κ3) is 8.97. The second kappa shape index (κ2) is 17.2. The molecule has 0 heterocycles. The Balaban J connectivity index is 0.00000432. The summed E-state index contributed by atoms with van der Waals surface area (Å²) in [7, 11) is -1.68. The number of halogens is 1. The maximum atomic E-state index is 5.67. The topological polar surface area (TPSA) is 18.5 Å². The molecule has 0 bridgehead atoms. The number of hydrogen-bond donors (Lipinski definition) is 0. The van der Waals surface area contributed by atoms with Crippen molar-refractivity contribution in [1.82, 2.24) is 0 Å². The molecule has 4 heteroatoms. The van der Waals surface area contributed by atoms with E-state index >= 15 is 0 Å². The largest absolute Gasteiger partial charge is 1.00 e. The summed E-state index contributed by atoms with van der Waals surface area (Å²) < 4.78 is 11.3. The second-order valence-electron chi connectivity index (χ2n) is 8.79. The first kappa shape index (κ1) is 30.0. The molecule has 0 saturated heterocycles. The van der Waals surface area contributed by atoms with Crippen molar-refractivity contribution in [3.05, 3.63) is 91.0 Å². The van der Waals surface area contributed by atoms with Crippen molar-refractivity contribution in [1.29, 1.82) is 0 Å². The Morgan fingerprint density at radius 3 is 1.31 bits per heavy atom. The van der Waals surface area contributed by atoms with Crippen molar-refractivity contribution in [2.24, 2.45) is 0 Å². The lowest BCUT2D eigenvalue weighted by molar-refractivity contribution is -0.140. The van der Waals surface area contributed by atoms with Gasteiger partial charge < -0.3 is 33.5 Å². The van der Waals surface area contributed by atoms with Gasteiger partial charge in [0.05, 0.1) is 6.16 Å². The van der Waals surface area contributed by atoms with Crippen LogP contribution in [-0.2, 0) is 9.47 Å². The maximum absolute atomic E-state index is 5.67. The number of ether oxygens (including phenoxy) is 2. The van der Waals surface area contributed by atoms with Gasteiger partial charge in [0, 0.05) is 13.2 Å². The summed E-state index contributed by atoms with van der Waals surface area (Å²) in [5, 5.41) is 4.47. The molecule has 35 heavy (non-hydrogen) atoms. The summed E-state index contributed by atoms with van der Waals surface area (Å²) in [5.41, 5.74) is 0. The van der Waals surface area contributed by atoms with E-state index in [1.165, 1.54) is 60.6 Å². The van der Waals surface area contributed by atoms with Gasteiger partial charge in [-0.15, -0.1) is 0 Å². The lowest BCUT2D eigenvalue weighted by Gasteiger charge is -2.27. The summed E-state index contributed by atoms with van der Waals surface area (Å²) in [5.74, 6) is 0. The quantitative estimate of drug-likeness (QED) is 0.106. The van der Waals surface area contributed by atoms with Crippen molar-refractivity contribution in [2.75, 3.05) is 19.4 Å². The van der Waals surface area contributed by atoms with Gasteiger partial charge in [0.25, 0.3) is 0 Å². The lowest BCUT2D eigenvalue weighted by atomic mass is 10.1. The minimum absolute atomic E-state index is 0. The molecule has 0 aliphatic rings. The van der Waals surface area contributed by atoms with Gasteiger partial charge in [-0.25, -0.2) is 0 Å². The molecule has 0 aromatic heterocycles. The zero-order valence-corrected chi connectivity index (χ0v) is 24.5. The zero-order valence-electron chi connectivity index (χ0n) is 21.5. The van der Waals surface area contributed by atoms with Crippen molar-refractivity contribution >= 4 is 23.2 Å². The number of hydrogen-bond acceptors (Lipinski definition) is 2. The molecule has 3 aromatic rings. The first-order chi connectivity index (χ1) is 16.8. The highest BCUT2D eigenvalue weighted by atomic mass is 127. The summed E-state index contributed by atoms with van der Waals surface area (Å²) in [6.07, 6.45) is 9.77. The molecule has 0 unspecified atom stereocenters. The monoisotopic (exact) mass is 604 g/mol. The van der Waals surface area contributed by atoms with Gasteiger partial charge in [0.2, 0.25) is 0 Å². The Labute approximate surface area is 231 Å².